The smallest absolute Gasteiger partial charge is 0.337 e. The first-order chi connectivity index (χ1) is 11.9. The highest BCUT2D eigenvalue weighted by molar-refractivity contribution is 9.10. The van der Waals surface area contributed by atoms with Gasteiger partial charge in [0.05, 0.1) is 22.3 Å². The molecule has 0 saturated heterocycles. The number of rotatable bonds is 5. The van der Waals surface area contributed by atoms with Crippen LogP contribution in [-0.2, 0) is 0 Å². The molecule has 0 aliphatic carbocycles. The second-order valence-electron chi connectivity index (χ2n) is 4.84. The molecule has 6 nitrogen and oxygen atoms in total. The van der Waals surface area contributed by atoms with Gasteiger partial charge in [-0.05, 0) is 65.4 Å². The van der Waals surface area contributed by atoms with Gasteiger partial charge in [0, 0.05) is 5.56 Å². The van der Waals surface area contributed by atoms with Crippen LogP contribution >= 0.6 is 28.1 Å². The lowest BCUT2D eigenvalue weighted by Gasteiger charge is -2.12. The Morgan fingerprint density at radius 3 is 2.60 bits per heavy atom. The van der Waals surface area contributed by atoms with Gasteiger partial charge in [-0.25, -0.2) is 4.79 Å². The average molecular weight is 423 g/mol. The van der Waals surface area contributed by atoms with Crippen molar-refractivity contribution in [1.29, 1.82) is 0 Å². The fourth-order valence-electron chi connectivity index (χ4n) is 2.02. The van der Waals surface area contributed by atoms with Gasteiger partial charge >= 0.3 is 5.97 Å². The highest BCUT2D eigenvalue weighted by Gasteiger charge is 2.13. The number of ether oxygens (including phenoxy) is 1. The highest BCUT2D eigenvalue weighted by atomic mass is 79.9. The molecule has 0 fully saturated rings. The van der Waals surface area contributed by atoms with Crippen LogP contribution in [0.5, 0.6) is 5.75 Å². The van der Waals surface area contributed by atoms with Gasteiger partial charge in [-0.2, -0.15) is 0 Å². The number of amides is 1. The molecule has 0 heterocycles. The lowest BCUT2D eigenvalue weighted by atomic mass is 10.2. The van der Waals surface area contributed by atoms with Crippen molar-refractivity contribution in [3.05, 3.63) is 58.1 Å². The van der Waals surface area contributed by atoms with Crippen LogP contribution < -0.4 is 15.4 Å². The van der Waals surface area contributed by atoms with Gasteiger partial charge in [0.15, 0.2) is 5.11 Å². The van der Waals surface area contributed by atoms with E-state index in [1.807, 2.05) is 6.92 Å². The number of hydrogen-bond donors (Lipinski definition) is 3. The number of aromatic carboxylic acids is 1. The largest absolute Gasteiger partial charge is 0.493 e. The molecule has 1 amide bonds. The molecule has 130 valence electrons. The van der Waals surface area contributed by atoms with Crippen LogP contribution in [0.4, 0.5) is 5.69 Å². The Morgan fingerprint density at radius 1 is 1.24 bits per heavy atom. The standard InChI is InChI=1S/C17H15BrN2O4S/c1-2-24-14-8-7-10(9-12(14)18)15(21)20-17(25)19-13-6-4-3-5-11(13)16(22)23/h3-9H,2H2,1H3,(H,22,23)(H2,19,20,21,25). The minimum Gasteiger partial charge on any atom is -0.493 e. The summed E-state index contributed by atoms with van der Waals surface area (Å²) in [6.07, 6.45) is 0. The van der Waals surface area contributed by atoms with Gasteiger partial charge in [0.1, 0.15) is 5.75 Å². The van der Waals surface area contributed by atoms with Crippen LogP contribution in [0.2, 0.25) is 0 Å². The van der Waals surface area contributed by atoms with Crippen molar-refractivity contribution in [2.24, 2.45) is 0 Å². The van der Waals surface area contributed by atoms with Gasteiger partial charge in [0.2, 0.25) is 0 Å². The van der Waals surface area contributed by atoms with E-state index in [-0.39, 0.29) is 10.7 Å². The summed E-state index contributed by atoms with van der Waals surface area (Å²) in [5.74, 6) is -0.878. The predicted molar refractivity (Wildman–Crippen MR) is 102 cm³/mol. The molecule has 0 aliphatic rings. The summed E-state index contributed by atoms with van der Waals surface area (Å²) < 4.78 is 6.04. The molecule has 2 aromatic carbocycles. The molecule has 2 rings (SSSR count). The second-order valence-corrected chi connectivity index (χ2v) is 6.10. The Morgan fingerprint density at radius 2 is 1.96 bits per heavy atom. The fourth-order valence-corrected chi connectivity index (χ4v) is 2.72. The van der Waals surface area contributed by atoms with Crippen LogP contribution in [0.25, 0.3) is 0 Å². The van der Waals surface area contributed by atoms with E-state index in [2.05, 4.69) is 26.6 Å². The molecule has 0 saturated carbocycles. The molecule has 25 heavy (non-hydrogen) atoms. The molecular formula is C17H15BrN2O4S. The maximum Gasteiger partial charge on any atom is 0.337 e. The van der Waals surface area contributed by atoms with E-state index < -0.39 is 11.9 Å². The Labute approximate surface area is 158 Å². The number of carbonyl (C=O) groups is 2. The maximum absolute atomic E-state index is 12.3. The van der Waals surface area contributed by atoms with Crippen molar-refractivity contribution >= 4 is 50.8 Å². The summed E-state index contributed by atoms with van der Waals surface area (Å²) in [7, 11) is 0. The van der Waals surface area contributed by atoms with Gasteiger partial charge in [-0.1, -0.05) is 12.1 Å². The topological polar surface area (TPSA) is 87.7 Å². The zero-order valence-electron chi connectivity index (χ0n) is 13.2. The Kier molecular flexibility index (Phi) is 6.49. The number of anilines is 1. The van der Waals surface area contributed by atoms with Crippen molar-refractivity contribution in [3.63, 3.8) is 0 Å². The van der Waals surface area contributed by atoms with E-state index >= 15 is 0 Å². The molecule has 8 heteroatoms. The number of nitrogens with one attached hydrogen (secondary N) is 2. The van der Waals surface area contributed by atoms with Crippen LogP contribution in [-0.4, -0.2) is 28.7 Å². The minimum absolute atomic E-state index is 0.00343. The number of halogens is 1. The van der Waals surface area contributed by atoms with Gasteiger partial charge < -0.3 is 15.2 Å². The van der Waals surface area contributed by atoms with Crippen molar-refractivity contribution in [3.8, 4) is 5.75 Å². The first-order valence-electron chi connectivity index (χ1n) is 7.29. The van der Waals surface area contributed by atoms with Crippen molar-refractivity contribution in [2.45, 2.75) is 6.92 Å². The summed E-state index contributed by atoms with van der Waals surface area (Å²) in [5, 5.41) is 14.4. The molecular weight excluding hydrogens is 408 g/mol. The lowest BCUT2D eigenvalue weighted by Crippen LogP contribution is -2.34. The van der Waals surface area contributed by atoms with Crippen LogP contribution in [0.15, 0.2) is 46.9 Å². The van der Waals surface area contributed by atoms with Gasteiger partial charge in [0.25, 0.3) is 5.91 Å². The molecule has 0 aliphatic heterocycles. The maximum atomic E-state index is 12.3. The lowest BCUT2D eigenvalue weighted by molar-refractivity contribution is 0.0698. The van der Waals surface area contributed by atoms with E-state index in [0.717, 1.165) is 0 Å². The molecule has 2 aromatic rings. The first-order valence-corrected chi connectivity index (χ1v) is 8.49. The summed E-state index contributed by atoms with van der Waals surface area (Å²) >= 11 is 8.43. The fraction of sp³-hybridized carbons (Fsp3) is 0.118. The molecule has 0 spiro atoms. The summed E-state index contributed by atoms with van der Waals surface area (Å²) in [6.45, 7) is 2.38. The number of hydrogen-bond acceptors (Lipinski definition) is 4. The quantitative estimate of drug-likeness (QED) is 0.637. The van der Waals surface area contributed by atoms with E-state index in [4.69, 9.17) is 22.1 Å². The van der Waals surface area contributed by atoms with Crippen molar-refractivity contribution in [1.82, 2.24) is 5.32 Å². The van der Waals surface area contributed by atoms with Crippen molar-refractivity contribution < 1.29 is 19.4 Å². The number of benzene rings is 2. The molecule has 0 bridgehead atoms. The third-order valence-electron chi connectivity index (χ3n) is 3.13. The zero-order chi connectivity index (χ0) is 18.4. The number of para-hydroxylation sites is 1. The predicted octanol–water partition coefficient (Wildman–Crippen LogP) is 3.67. The number of thiocarbonyl (C=S) groups is 1. The van der Waals surface area contributed by atoms with E-state index in [1.165, 1.54) is 6.07 Å². The van der Waals surface area contributed by atoms with Crippen LogP contribution in [0, 0.1) is 0 Å². The monoisotopic (exact) mass is 422 g/mol. The zero-order valence-corrected chi connectivity index (χ0v) is 15.6. The third kappa shape index (κ3) is 5.01. The summed E-state index contributed by atoms with van der Waals surface area (Å²) in [5.41, 5.74) is 0.738. The average Bonchev–Trinajstić information content (AvgIpc) is 2.57. The Bertz CT molecular complexity index is 826. The second kappa shape index (κ2) is 8.59. The Balaban J connectivity index is 2.07. The normalized spacial score (nSPS) is 10.0. The SMILES string of the molecule is CCOc1ccc(C(=O)NC(=S)Nc2ccccc2C(=O)O)cc1Br. The van der Waals surface area contributed by atoms with Gasteiger partial charge in [-0.3, -0.25) is 10.1 Å². The minimum atomic E-state index is -1.09. The highest BCUT2D eigenvalue weighted by Crippen LogP contribution is 2.26. The number of carboxylic acids is 1. The van der Waals surface area contributed by atoms with E-state index in [9.17, 15) is 9.59 Å². The van der Waals surface area contributed by atoms with E-state index in [1.54, 1.807) is 36.4 Å². The first kappa shape index (κ1) is 18.9. The number of carboxylic acid groups (broad SMARTS) is 1. The summed E-state index contributed by atoms with van der Waals surface area (Å²) in [6, 6.07) is 11.2. The third-order valence-corrected chi connectivity index (χ3v) is 3.95. The molecule has 3 N–H and O–H groups in total. The molecule has 0 radical (unpaired) electrons. The number of carbonyl (C=O) groups excluding carboxylic acids is 1. The summed E-state index contributed by atoms with van der Waals surface area (Å²) in [4.78, 5) is 23.5. The van der Waals surface area contributed by atoms with Crippen LogP contribution in [0.1, 0.15) is 27.6 Å². The molecule has 0 unspecified atom stereocenters. The molecule has 0 aromatic heterocycles. The van der Waals surface area contributed by atoms with Crippen molar-refractivity contribution in [2.75, 3.05) is 11.9 Å². The van der Waals surface area contributed by atoms with E-state index in [0.29, 0.717) is 28.1 Å². The Hall–Kier alpha value is -2.45. The molecule has 0 atom stereocenters. The van der Waals surface area contributed by atoms with Gasteiger partial charge in [-0.15, -0.1) is 0 Å². The van der Waals surface area contributed by atoms with Crippen LogP contribution in [0.3, 0.4) is 0 Å².